The number of carboxylic acid groups (broad SMARTS) is 1. The van der Waals surface area contributed by atoms with E-state index in [0.29, 0.717) is 28.5 Å². The van der Waals surface area contributed by atoms with Crippen molar-refractivity contribution >= 4 is 17.6 Å². The van der Waals surface area contributed by atoms with Crippen molar-refractivity contribution in [2.75, 3.05) is 26.6 Å². The third-order valence-corrected chi connectivity index (χ3v) is 5.40. The van der Waals surface area contributed by atoms with Crippen molar-refractivity contribution in [3.05, 3.63) is 65.5 Å². The summed E-state index contributed by atoms with van der Waals surface area (Å²) < 4.78 is 18.3. The fraction of sp³-hybridized carbons (Fsp3) is 0.217. The Bertz CT molecular complexity index is 1150. The zero-order valence-electron chi connectivity index (χ0n) is 17.3. The number of aromatic nitrogens is 1. The lowest BCUT2D eigenvalue weighted by molar-refractivity contribution is -0.116. The quantitative estimate of drug-likeness (QED) is 0.629. The van der Waals surface area contributed by atoms with E-state index >= 15 is 0 Å². The Kier molecular flexibility index (Phi) is 5.29. The highest BCUT2D eigenvalue weighted by molar-refractivity contribution is 6.04. The van der Waals surface area contributed by atoms with Crippen molar-refractivity contribution in [2.45, 2.75) is 12.3 Å². The second-order valence-corrected chi connectivity index (χ2v) is 7.04. The highest BCUT2D eigenvalue weighted by Gasteiger charge is 2.36. The summed E-state index contributed by atoms with van der Waals surface area (Å²) in [5.74, 6) is -0.523. The molecule has 0 aliphatic carbocycles. The predicted molar refractivity (Wildman–Crippen MR) is 114 cm³/mol. The Labute approximate surface area is 179 Å². The third-order valence-electron chi connectivity index (χ3n) is 5.40. The zero-order chi connectivity index (χ0) is 22.1. The molecule has 2 heterocycles. The van der Waals surface area contributed by atoms with E-state index in [-0.39, 0.29) is 23.6 Å². The summed E-state index contributed by atoms with van der Waals surface area (Å²) in [5, 5.41) is 12.5. The van der Waals surface area contributed by atoms with Crippen molar-refractivity contribution in [3.8, 4) is 22.9 Å². The number of hydrogen-bond donors (Lipinski definition) is 2. The van der Waals surface area contributed by atoms with Crippen molar-refractivity contribution in [2.24, 2.45) is 0 Å². The molecule has 3 aromatic rings. The van der Waals surface area contributed by atoms with Gasteiger partial charge < -0.3 is 29.2 Å². The maximum absolute atomic E-state index is 12.6. The largest absolute Gasteiger partial charge is 0.493 e. The number of rotatable bonds is 6. The van der Waals surface area contributed by atoms with Gasteiger partial charge in [-0.1, -0.05) is 24.3 Å². The minimum atomic E-state index is -1.12. The molecule has 160 valence electrons. The molecule has 4 rings (SSSR count). The van der Waals surface area contributed by atoms with Crippen LogP contribution in [0.25, 0.3) is 5.69 Å². The molecular weight excluding hydrogens is 400 g/mol. The Morgan fingerprint density at radius 2 is 1.74 bits per heavy atom. The van der Waals surface area contributed by atoms with Crippen molar-refractivity contribution in [1.29, 1.82) is 0 Å². The highest BCUT2D eigenvalue weighted by Crippen LogP contribution is 2.49. The van der Waals surface area contributed by atoms with Crippen molar-refractivity contribution in [1.82, 2.24) is 4.57 Å². The Morgan fingerprint density at radius 1 is 1.03 bits per heavy atom. The molecule has 2 N–H and O–H groups in total. The van der Waals surface area contributed by atoms with Gasteiger partial charge in [-0.3, -0.25) is 4.79 Å². The number of ether oxygens (including phenoxy) is 3. The molecule has 31 heavy (non-hydrogen) atoms. The molecule has 8 nitrogen and oxygen atoms in total. The molecule has 1 atom stereocenters. The maximum atomic E-state index is 12.6. The first-order valence-electron chi connectivity index (χ1n) is 9.62. The van der Waals surface area contributed by atoms with Gasteiger partial charge in [0.2, 0.25) is 11.7 Å². The number of para-hydroxylation sites is 1. The van der Waals surface area contributed by atoms with Crippen LogP contribution in [0.5, 0.6) is 17.2 Å². The Balaban J connectivity index is 2.00. The molecule has 0 saturated heterocycles. The van der Waals surface area contributed by atoms with Gasteiger partial charge >= 0.3 is 5.97 Å². The van der Waals surface area contributed by atoms with Crippen LogP contribution in [0.2, 0.25) is 0 Å². The van der Waals surface area contributed by atoms with E-state index in [1.54, 1.807) is 10.6 Å². The molecule has 1 amide bonds. The number of amides is 1. The van der Waals surface area contributed by atoms with E-state index in [9.17, 15) is 14.7 Å². The number of carbonyl (C=O) groups excluding carboxylic acids is 1. The van der Waals surface area contributed by atoms with Crippen LogP contribution in [-0.4, -0.2) is 42.9 Å². The summed E-state index contributed by atoms with van der Waals surface area (Å²) in [6, 6.07) is 12.9. The molecule has 1 aromatic heterocycles. The lowest BCUT2D eigenvalue weighted by atomic mass is 9.87. The Morgan fingerprint density at radius 3 is 2.35 bits per heavy atom. The first kappa shape index (κ1) is 20.3. The molecule has 0 saturated carbocycles. The van der Waals surface area contributed by atoms with Crippen LogP contribution in [0.15, 0.2) is 48.7 Å². The number of methoxy groups -OCH3 is 3. The lowest BCUT2D eigenvalue weighted by Gasteiger charge is -2.28. The normalized spacial score (nSPS) is 15.1. The van der Waals surface area contributed by atoms with Gasteiger partial charge in [0, 0.05) is 29.8 Å². The van der Waals surface area contributed by atoms with Gasteiger partial charge in [-0.25, -0.2) is 4.79 Å². The average molecular weight is 422 g/mol. The smallest absolute Gasteiger partial charge is 0.339 e. The molecule has 0 bridgehead atoms. The van der Waals surface area contributed by atoms with Crippen LogP contribution in [0.4, 0.5) is 5.69 Å². The molecule has 0 radical (unpaired) electrons. The predicted octanol–water partition coefficient (Wildman–Crippen LogP) is 3.68. The van der Waals surface area contributed by atoms with E-state index in [1.165, 1.54) is 27.5 Å². The molecule has 0 fully saturated rings. The van der Waals surface area contributed by atoms with E-state index in [1.807, 2.05) is 36.4 Å². The first-order chi connectivity index (χ1) is 15.0. The van der Waals surface area contributed by atoms with E-state index in [4.69, 9.17) is 14.2 Å². The SMILES string of the molecule is COc1ccc([C@@H]2CC(=O)Nc3c(C(=O)O)cn(-c4ccccc4)c32)c(OC)c1OC. The highest BCUT2D eigenvalue weighted by atomic mass is 16.5. The van der Waals surface area contributed by atoms with Crippen LogP contribution >= 0.6 is 0 Å². The van der Waals surface area contributed by atoms with Gasteiger partial charge in [-0.15, -0.1) is 0 Å². The summed E-state index contributed by atoms with van der Waals surface area (Å²) in [5.41, 5.74) is 2.45. The minimum Gasteiger partial charge on any atom is -0.493 e. The topological polar surface area (TPSA) is 99.0 Å². The summed E-state index contributed by atoms with van der Waals surface area (Å²) in [7, 11) is 4.56. The molecule has 1 aliphatic rings. The number of hydrogen-bond acceptors (Lipinski definition) is 5. The molecular formula is C23H22N2O6. The number of nitrogens with one attached hydrogen (secondary N) is 1. The van der Waals surface area contributed by atoms with Crippen LogP contribution in [0, 0.1) is 0 Å². The monoisotopic (exact) mass is 422 g/mol. The summed E-state index contributed by atoms with van der Waals surface area (Å²) in [6.07, 6.45) is 1.66. The van der Waals surface area contributed by atoms with Crippen molar-refractivity contribution in [3.63, 3.8) is 0 Å². The molecule has 1 aliphatic heterocycles. The molecule has 0 unspecified atom stereocenters. The number of carbonyl (C=O) groups is 2. The number of benzene rings is 2. The average Bonchev–Trinajstić information content (AvgIpc) is 3.17. The van der Waals surface area contributed by atoms with Crippen LogP contribution in [0.1, 0.15) is 34.0 Å². The van der Waals surface area contributed by atoms with E-state index in [0.717, 1.165) is 5.69 Å². The lowest BCUT2D eigenvalue weighted by Crippen LogP contribution is -2.26. The Hall–Kier alpha value is -3.94. The maximum Gasteiger partial charge on any atom is 0.339 e. The van der Waals surface area contributed by atoms with Crippen LogP contribution in [-0.2, 0) is 4.79 Å². The van der Waals surface area contributed by atoms with Crippen LogP contribution in [0.3, 0.4) is 0 Å². The summed E-state index contributed by atoms with van der Waals surface area (Å²) >= 11 is 0. The van der Waals surface area contributed by atoms with Crippen molar-refractivity contribution < 1.29 is 28.9 Å². The molecule has 8 heteroatoms. The second kappa shape index (κ2) is 8.06. The van der Waals surface area contributed by atoms with Gasteiger partial charge in [0.05, 0.1) is 32.7 Å². The van der Waals surface area contributed by atoms with E-state index < -0.39 is 11.9 Å². The fourth-order valence-electron chi connectivity index (χ4n) is 4.09. The summed E-state index contributed by atoms with van der Waals surface area (Å²) in [4.78, 5) is 24.5. The number of anilines is 1. The fourth-order valence-corrected chi connectivity index (χ4v) is 4.09. The van der Waals surface area contributed by atoms with Gasteiger partial charge in [-0.05, 0) is 18.2 Å². The molecule has 2 aromatic carbocycles. The minimum absolute atomic E-state index is 0.0244. The second-order valence-electron chi connectivity index (χ2n) is 7.04. The first-order valence-corrected chi connectivity index (χ1v) is 9.62. The van der Waals surface area contributed by atoms with Gasteiger partial charge in [0.15, 0.2) is 11.5 Å². The summed E-state index contributed by atoms with van der Waals surface area (Å²) in [6.45, 7) is 0. The molecule has 0 spiro atoms. The van der Waals surface area contributed by atoms with E-state index in [2.05, 4.69) is 5.32 Å². The number of nitrogens with zero attached hydrogens (tertiary/aromatic N) is 1. The number of fused-ring (bicyclic) bond motifs is 1. The number of carboxylic acids is 1. The standard InChI is InChI=1S/C23H22N2O6/c1-29-17-10-9-14(21(30-2)22(17)31-3)15-11-18(26)24-19-16(23(27)28)12-25(20(15)19)13-7-5-4-6-8-13/h4-10,12,15H,11H2,1-3H3,(H,24,26)(H,27,28)/t15-/m0/s1. The van der Waals surface area contributed by atoms with Gasteiger partial charge in [0.1, 0.15) is 5.56 Å². The third kappa shape index (κ3) is 3.35. The number of aromatic carboxylic acids is 1. The van der Waals surface area contributed by atoms with Gasteiger partial charge in [-0.2, -0.15) is 0 Å². The van der Waals surface area contributed by atoms with Crippen LogP contribution < -0.4 is 19.5 Å². The van der Waals surface area contributed by atoms with Gasteiger partial charge in [0.25, 0.3) is 0 Å². The zero-order valence-corrected chi connectivity index (χ0v) is 17.3.